The molecule has 0 saturated heterocycles. The van der Waals surface area contributed by atoms with E-state index in [4.69, 9.17) is 0 Å². The highest BCUT2D eigenvalue weighted by atomic mass is 32.2. The van der Waals surface area contributed by atoms with E-state index < -0.39 is 15.9 Å². The van der Waals surface area contributed by atoms with E-state index in [0.717, 1.165) is 16.1 Å². The first-order chi connectivity index (χ1) is 12.7. The molecule has 1 atom stereocenters. The summed E-state index contributed by atoms with van der Waals surface area (Å²) >= 11 is 0. The van der Waals surface area contributed by atoms with Crippen LogP contribution in [0.2, 0.25) is 0 Å². The van der Waals surface area contributed by atoms with Gasteiger partial charge in [-0.15, -0.1) is 0 Å². The SMILES string of the molecule is CC[C@H](NC(=O)CN(c1cccc(C(C)=O)c1)S(C)(=O)=O)c1ccccc1. The first-order valence-corrected chi connectivity index (χ1v) is 10.5. The molecule has 0 aliphatic heterocycles. The third-order valence-corrected chi connectivity index (χ3v) is 5.31. The largest absolute Gasteiger partial charge is 0.348 e. The zero-order chi connectivity index (χ0) is 20.0. The van der Waals surface area contributed by atoms with Gasteiger partial charge in [0.15, 0.2) is 5.78 Å². The molecule has 1 N–H and O–H groups in total. The molecule has 0 aliphatic carbocycles. The van der Waals surface area contributed by atoms with Crippen molar-refractivity contribution in [2.45, 2.75) is 26.3 Å². The number of carbonyl (C=O) groups excluding carboxylic acids is 2. The fourth-order valence-electron chi connectivity index (χ4n) is 2.76. The Morgan fingerprint density at radius 3 is 2.30 bits per heavy atom. The van der Waals surface area contributed by atoms with Gasteiger partial charge in [0.05, 0.1) is 18.0 Å². The van der Waals surface area contributed by atoms with Gasteiger partial charge in [-0.05, 0) is 31.0 Å². The minimum Gasteiger partial charge on any atom is -0.348 e. The molecule has 0 heterocycles. The molecule has 2 rings (SSSR count). The lowest BCUT2D eigenvalue weighted by atomic mass is 10.0. The average molecular weight is 388 g/mol. The predicted molar refractivity (Wildman–Crippen MR) is 106 cm³/mol. The summed E-state index contributed by atoms with van der Waals surface area (Å²) in [5.74, 6) is -0.589. The molecule has 144 valence electrons. The van der Waals surface area contributed by atoms with E-state index in [9.17, 15) is 18.0 Å². The molecule has 6 nitrogen and oxygen atoms in total. The van der Waals surface area contributed by atoms with Crippen molar-refractivity contribution in [2.75, 3.05) is 17.1 Å². The van der Waals surface area contributed by atoms with Gasteiger partial charge in [0, 0.05) is 5.56 Å². The Hall–Kier alpha value is -2.67. The third kappa shape index (κ3) is 5.65. The predicted octanol–water partition coefficient (Wildman–Crippen LogP) is 2.92. The number of hydrogen-bond acceptors (Lipinski definition) is 4. The van der Waals surface area contributed by atoms with Crippen LogP contribution in [0.4, 0.5) is 5.69 Å². The van der Waals surface area contributed by atoms with Crippen molar-refractivity contribution >= 4 is 27.4 Å². The van der Waals surface area contributed by atoms with Crippen LogP contribution in [0.1, 0.15) is 42.2 Å². The van der Waals surface area contributed by atoms with Crippen LogP contribution in [-0.2, 0) is 14.8 Å². The van der Waals surface area contributed by atoms with Gasteiger partial charge in [-0.2, -0.15) is 0 Å². The Balaban J connectivity index is 2.23. The summed E-state index contributed by atoms with van der Waals surface area (Å²) in [7, 11) is -3.70. The molecule has 0 fully saturated rings. The van der Waals surface area contributed by atoms with Crippen LogP contribution in [-0.4, -0.2) is 32.9 Å². The Labute approximate surface area is 160 Å². The highest BCUT2D eigenvalue weighted by Crippen LogP contribution is 2.20. The first-order valence-electron chi connectivity index (χ1n) is 8.65. The number of anilines is 1. The van der Waals surface area contributed by atoms with E-state index in [2.05, 4.69) is 5.32 Å². The zero-order valence-electron chi connectivity index (χ0n) is 15.7. The Kier molecular flexibility index (Phi) is 6.74. The number of nitrogens with zero attached hydrogens (tertiary/aromatic N) is 1. The average Bonchev–Trinajstić information content (AvgIpc) is 2.64. The molecule has 0 aromatic heterocycles. The van der Waals surface area contributed by atoms with Crippen LogP contribution in [0.3, 0.4) is 0 Å². The van der Waals surface area contributed by atoms with Gasteiger partial charge in [-0.1, -0.05) is 49.4 Å². The van der Waals surface area contributed by atoms with Gasteiger partial charge in [-0.3, -0.25) is 13.9 Å². The van der Waals surface area contributed by atoms with Gasteiger partial charge in [0.1, 0.15) is 6.54 Å². The number of ketones is 1. The minimum atomic E-state index is -3.70. The lowest BCUT2D eigenvalue weighted by Crippen LogP contribution is -2.41. The molecule has 0 aliphatic rings. The van der Waals surface area contributed by atoms with E-state index >= 15 is 0 Å². The molecular formula is C20H24N2O4S. The quantitative estimate of drug-likeness (QED) is 0.705. The fraction of sp³-hybridized carbons (Fsp3) is 0.300. The van der Waals surface area contributed by atoms with Crippen LogP contribution in [0.25, 0.3) is 0 Å². The summed E-state index contributed by atoms with van der Waals surface area (Å²) in [4.78, 5) is 24.1. The van der Waals surface area contributed by atoms with Crippen LogP contribution in [0, 0.1) is 0 Å². The highest BCUT2D eigenvalue weighted by Gasteiger charge is 2.23. The van der Waals surface area contributed by atoms with E-state index in [0.29, 0.717) is 12.0 Å². The lowest BCUT2D eigenvalue weighted by Gasteiger charge is -2.24. The Morgan fingerprint density at radius 2 is 1.74 bits per heavy atom. The number of benzene rings is 2. The highest BCUT2D eigenvalue weighted by molar-refractivity contribution is 7.92. The van der Waals surface area contributed by atoms with Crippen molar-refractivity contribution in [3.63, 3.8) is 0 Å². The van der Waals surface area contributed by atoms with Crippen LogP contribution >= 0.6 is 0 Å². The smallest absolute Gasteiger partial charge is 0.241 e. The molecule has 0 bridgehead atoms. The van der Waals surface area contributed by atoms with Gasteiger partial charge in [-0.25, -0.2) is 8.42 Å². The van der Waals surface area contributed by atoms with Gasteiger partial charge in [0.25, 0.3) is 0 Å². The lowest BCUT2D eigenvalue weighted by molar-refractivity contribution is -0.120. The van der Waals surface area contributed by atoms with Crippen molar-refractivity contribution in [3.05, 3.63) is 65.7 Å². The van der Waals surface area contributed by atoms with Crippen molar-refractivity contribution in [3.8, 4) is 0 Å². The summed E-state index contributed by atoms with van der Waals surface area (Å²) < 4.78 is 25.5. The van der Waals surface area contributed by atoms with E-state index in [1.165, 1.54) is 13.0 Å². The topological polar surface area (TPSA) is 83.6 Å². The summed E-state index contributed by atoms with van der Waals surface area (Å²) in [6.07, 6.45) is 1.71. The summed E-state index contributed by atoms with van der Waals surface area (Å²) in [5, 5.41) is 2.88. The number of rotatable bonds is 8. The van der Waals surface area contributed by atoms with Gasteiger partial charge < -0.3 is 5.32 Å². The molecule has 27 heavy (non-hydrogen) atoms. The monoisotopic (exact) mass is 388 g/mol. The number of sulfonamides is 1. The second-order valence-electron chi connectivity index (χ2n) is 6.32. The van der Waals surface area contributed by atoms with Crippen LogP contribution in [0.15, 0.2) is 54.6 Å². The summed E-state index contributed by atoms with van der Waals surface area (Å²) in [5.41, 5.74) is 1.63. The number of Topliss-reactive ketones (excluding diaryl/α,β-unsaturated/α-hetero) is 1. The molecule has 0 saturated carbocycles. The molecule has 1 amide bonds. The fourth-order valence-corrected chi connectivity index (χ4v) is 3.61. The van der Waals surface area contributed by atoms with Crippen molar-refractivity contribution in [2.24, 2.45) is 0 Å². The molecule has 2 aromatic carbocycles. The maximum atomic E-state index is 12.6. The molecule has 0 radical (unpaired) electrons. The van der Waals surface area contributed by atoms with E-state index in [-0.39, 0.29) is 24.1 Å². The van der Waals surface area contributed by atoms with Crippen molar-refractivity contribution in [1.82, 2.24) is 5.32 Å². The maximum absolute atomic E-state index is 12.6. The number of nitrogens with one attached hydrogen (secondary N) is 1. The Bertz CT molecular complexity index is 911. The van der Waals surface area contributed by atoms with E-state index in [1.807, 2.05) is 37.3 Å². The van der Waals surface area contributed by atoms with Crippen molar-refractivity contribution in [1.29, 1.82) is 0 Å². The molecule has 0 unspecified atom stereocenters. The summed E-state index contributed by atoms with van der Waals surface area (Å²) in [6, 6.07) is 15.5. The minimum absolute atomic E-state index is 0.176. The van der Waals surface area contributed by atoms with Gasteiger partial charge in [0.2, 0.25) is 15.9 Å². The normalized spacial score (nSPS) is 12.3. The maximum Gasteiger partial charge on any atom is 0.241 e. The standard InChI is InChI=1S/C20H24N2O4S/c1-4-19(16-9-6-5-7-10-16)21-20(24)14-22(27(3,25)26)18-12-8-11-17(13-18)15(2)23/h5-13,19H,4,14H2,1-3H3,(H,21,24)/t19-/m0/s1. The molecule has 2 aromatic rings. The first kappa shape index (κ1) is 20.6. The third-order valence-electron chi connectivity index (χ3n) is 4.17. The molecular weight excluding hydrogens is 364 g/mol. The van der Waals surface area contributed by atoms with Gasteiger partial charge >= 0.3 is 0 Å². The molecule has 0 spiro atoms. The Morgan fingerprint density at radius 1 is 1.07 bits per heavy atom. The number of carbonyl (C=O) groups is 2. The summed E-state index contributed by atoms with van der Waals surface area (Å²) in [6.45, 7) is 2.99. The van der Waals surface area contributed by atoms with Crippen LogP contribution in [0.5, 0.6) is 0 Å². The van der Waals surface area contributed by atoms with Crippen LogP contribution < -0.4 is 9.62 Å². The second kappa shape index (κ2) is 8.81. The zero-order valence-corrected chi connectivity index (χ0v) is 16.5. The molecule has 7 heteroatoms. The number of hydrogen-bond donors (Lipinski definition) is 1. The number of amides is 1. The second-order valence-corrected chi connectivity index (χ2v) is 8.22. The van der Waals surface area contributed by atoms with E-state index in [1.54, 1.807) is 18.2 Å². The van der Waals surface area contributed by atoms with Crippen molar-refractivity contribution < 1.29 is 18.0 Å².